The molecule has 1 aromatic carbocycles. The normalized spacial score (nSPS) is 43.0. The fraction of sp³-hybridized carbons (Fsp3) is 0.684. The first kappa shape index (κ1) is 12.9. The third-order valence-electron chi connectivity index (χ3n) is 6.88. The summed E-state index contributed by atoms with van der Waals surface area (Å²) in [5, 5.41) is 11.8. The van der Waals surface area contributed by atoms with Gasteiger partial charge in [-0.1, -0.05) is 44.2 Å². The van der Waals surface area contributed by atoms with E-state index in [-0.39, 0.29) is 5.41 Å². The molecule has 0 radical (unpaired) electrons. The van der Waals surface area contributed by atoms with E-state index in [9.17, 15) is 5.11 Å². The lowest BCUT2D eigenvalue weighted by atomic mass is 9.44. The highest BCUT2D eigenvalue weighted by Gasteiger charge is 2.62. The van der Waals surface area contributed by atoms with Crippen LogP contribution in [0.4, 0.5) is 0 Å². The SMILES string of the molecule is CC(C)(c1ccccc1)C1(O)C2CC3CC(C2)CC1C3. The first-order valence-electron chi connectivity index (χ1n) is 8.29. The Kier molecular flexibility index (Phi) is 2.64. The van der Waals surface area contributed by atoms with Gasteiger partial charge in [0.05, 0.1) is 5.60 Å². The minimum atomic E-state index is -0.498. The molecule has 1 nitrogen and oxygen atoms in total. The standard InChI is InChI=1S/C19H26O/c1-18(2,15-6-4-3-5-7-15)19(20)16-9-13-8-14(11-16)12-17(19)10-13/h3-7,13-14,16-17,20H,8-12H2,1-2H3. The van der Waals surface area contributed by atoms with Gasteiger partial charge in [0.1, 0.15) is 0 Å². The number of rotatable bonds is 2. The maximum atomic E-state index is 11.8. The highest BCUT2D eigenvalue weighted by molar-refractivity contribution is 5.31. The van der Waals surface area contributed by atoms with Crippen molar-refractivity contribution in [1.29, 1.82) is 0 Å². The molecular formula is C19H26O. The zero-order valence-electron chi connectivity index (χ0n) is 12.7. The first-order chi connectivity index (χ1) is 9.52. The van der Waals surface area contributed by atoms with E-state index in [4.69, 9.17) is 0 Å². The van der Waals surface area contributed by atoms with Gasteiger partial charge in [-0.25, -0.2) is 0 Å². The van der Waals surface area contributed by atoms with Crippen LogP contribution in [0.5, 0.6) is 0 Å². The second-order valence-electron chi connectivity index (χ2n) is 8.12. The van der Waals surface area contributed by atoms with Crippen LogP contribution in [0.3, 0.4) is 0 Å². The van der Waals surface area contributed by atoms with E-state index in [0.717, 1.165) is 11.8 Å². The van der Waals surface area contributed by atoms with E-state index < -0.39 is 5.60 Å². The molecule has 0 spiro atoms. The van der Waals surface area contributed by atoms with Crippen LogP contribution in [-0.4, -0.2) is 10.7 Å². The first-order valence-corrected chi connectivity index (χ1v) is 8.29. The van der Waals surface area contributed by atoms with E-state index in [1.807, 2.05) is 0 Å². The largest absolute Gasteiger partial charge is 0.388 e. The molecule has 4 bridgehead atoms. The third-order valence-corrected chi connectivity index (χ3v) is 6.88. The number of aliphatic hydroxyl groups is 1. The van der Waals surface area contributed by atoms with E-state index >= 15 is 0 Å². The van der Waals surface area contributed by atoms with Gasteiger partial charge in [0.2, 0.25) is 0 Å². The zero-order chi connectivity index (χ0) is 14.0. The molecule has 4 fully saturated rings. The van der Waals surface area contributed by atoms with Crippen molar-refractivity contribution < 1.29 is 5.11 Å². The summed E-state index contributed by atoms with van der Waals surface area (Å²) in [5.74, 6) is 2.86. The minimum Gasteiger partial charge on any atom is -0.388 e. The van der Waals surface area contributed by atoms with Gasteiger partial charge in [-0.2, -0.15) is 0 Å². The average molecular weight is 270 g/mol. The lowest BCUT2D eigenvalue weighted by Crippen LogP contribution is -2.65. The molecule has 0 aliphatic heterocycles. The van der Waals surface area contributed by atoms with E-state index in [1.54, 1.807) is 0 Å². The summed E-state index contributed by atoms with van der Waals surface area (Å²) in [6.45, 7) is 4.54. The van der Waals surface area contributed by atoms with Crippen LogP contribution < -0.4 is 0 Å². The molecule has 0 saturated heterocycles. The van der Waals surface area contributed by atoms with Gasteiger partial charge in [-0.15, -0.1) is 0 Å². The molecule has 4 saturated carbocycles. The molecular weight excluding hydrogens is 244 g/mol. The minimum absolute atomic E-state index is 0.142. The number of hydrogen-bond acceptors (Lipinski definition) is 1. The molecule has 1 aromatic rings. The van der Waals surface area contributed by atoms with Crippen molar-refractivity contribution in [3.05, 3.63) is 35.9 Å². The molecule has 0 unspecified atom stereocenters. The Bertz CT molecular complexity index is 474. The summed E-state index contributed by atoms with van der Waals surface area (Å²) in [7, 11) is 0. The fourth-order valence-corrected chi connectivity index (χ4v) is 6.01. The second kappa shape index (κ2) is 4.10. The smallest absolute Gasteiger partial charge is 0.0794 e. The van der Waals surface area contributed by atoms with Crippen LogP contribution in [0, 0.1) is 23.7 Å². The van der Waals surface area contributed by atoms with Crippen molar-refractivity contribution in [1.82, 2.24) is 0 Å². The summed E-state index contributed by atoms with van der Waals surface area (Å²) in [5.41, 5.74) is 0.661. The molecule has 5 rings (SSSR count). The van der Waals surface area contributed by atoms with Crippen LogP contribution >= 0.6 is 0 Å². The molecule has 0 atom stereocenters. The van der Waals surface area contributed by atoms with Crippen LogP contribution in [-0.2, 0) is 5.41 Å². The molecule has 0 aromatic heterocycles. The monoisotopic (exact) mass is 270 g/mol. The molecule has 0 amide bonds. The zero-order valence-corrected chi connectivity index (χ0v) is 12.7. The lowest BCUT2D eigenvalue weighted by molar-refractivity contribution is -0.206. The second-order valence-corrected chi connectivity index (χ2v) is 8.12. The van der Waals surface area contributed by atoms with Gasteiger partial charge in [-0.05, 0) is 61.3 Å². The van der Waals surface area contributed by atoms with Crippen molar-refractivity contribution in [2.45, 2.75) is 57.0 Å². The maximum absolute atomic E-state index is 11.8. The number of hydrogen-bond donors (Lipinski definition) is 1. The van der Waals surface area contributed by atoms with Crippen LogP contribution in [0.2, 0.25) is 0 Å². The topological polar surface area (TPSA) is 20.2 Å². The van der Waals surface area contributed by atoms with Gasteiger partial charge >= 0.3 is 0 Å². The van der Waals surface area contributed by atoms with Crippen LogP contribution in [0.15, 0.2) is 30.3 Å². The Hall–Kier alpha value is -0.820. The van der Waals surface area contributed by atoms with Gasteiger partial charge in [-0.3, -0.25) is 0 Å². The maximum Gasteiger partial charge on any atom is 0.0794 e. The lowest BCUT2D eigenvalue weighted by Gasteiger charge is -2.64. The van der Waals surface area contributed by atoms with E-state index in [2.05, 4.69) is 44.2 Å². The van der Waals surface area contributed by atoms with Gasteiger partial charge in [0.25, 0.3) is 0 Å². The van der Waals surface area contributed by atoms with Crippen molar-refractivity contribution in [3.63, 3.8) is 0 Å². The third kappa shape index (κ3) is 1.53. The molecule has 0 heterocycles. The molecule has 108 valence electrons. The van der Waals surface area contributed by atoms with Crippen molar-refractivity contribution in [2.24, 2.45) is 23.7 Å². The van der Waals surface area contributed by atoms with E-state index in [1.165, 1.54) is 37.7 Å². The van der Waals surface area contributed by atoms with Crippen molar-refractivity contribution >= 4 is 0 Å². The number of benzene rings is 1. The Morgan fingerprint density at radius 2 is 1.40 bits per heavy atom. The van der Waals surface area contributed by atoms with Gasteiger partial charge in [0.15, 0.2) is 0 Å². The average Bonchev–Trinajstić information content (AvgIpc) is 2.44. The Morgan fingerprint density at radius 1 is 0.900 bits per heavy atom. The quantitative estimate of drug-likeness (QED) is 0.856. The summed E-state index contributed by atoms with van der Waals surface area (Å²) in [4.78, 5) is 0. The Labute approximate surface area is 122 Å². The predicted octanol–water partition coefficient (Wildman–Crippen LogP) is 4.15. The fourth-order valence-electron chi connectivity index (χ4n) is 6.01. The Morgan fingerprint density at radius 3 is 1.90 bits per heavy atom. The van der Waals surface area contributed by atoms with Gasteiger partial charge < -0.3 is 5.11 Å². The van der Waals surface area contributed by atoms with Crippen molar-refractivity contribution in [2.75, 3.05) is 0 Å². The van der Waals surface area contributed by atoms with Gasteiger partial charge in [0, 0.05) is 5.41 Å². The van der Waals surface area contributed by atoms with Crippen LogP contribution in [0.25, 0.3) is 0 Å². The summed E-state index contributed by atoms with van der Waals surface area (Å²) in [6, 6.07) is 10.7. The molecule has 4 aliphatic carbocycles. The summed E-state index contributed by atoms with van der Waals surface area (Å²) < 4.78 is 0. The predicted molar refractivity (Wildman–Crippen MR) is 81.5 cm³/mol. The molecule has 20 heavy (non-hydrogen) atoms. The molecule has 1 N–H and O–H groups in total. The molecule has 1 heteroatoms. The Balaban J connectivity index is 1.76. The molecule has 4 aliphatic rings. The summed E-state index contributed by atoms with van der Waals surface area (Å²) >= 11 is 0. The van der Waals surface area contributed by atoms with Crippen molar-refractivity contribution in [3.8, 4) is 0 Å². The van der Waals surface area contributed by atoms with Crippen LogP contribution in [0.1, 0.15) is 51.5 Å². The highest BCUT2D eigenvalue weighted by atomic mass is 16.3. The summed E-state index contributed by atoms with van der Waals surface area (Å²) in [6.07, 6.45) is 6.49. The van der Waals surface area contributed by atoms with E-state index in [0.29, 0.717) is 11.8 Å². The highest BCUT2D eigenvalue weighted by Crippen LogP contribution is 2.63.